The van der Waals surface area contributed by atoms with E-state index in [4.69, 9.17) is 0 Å². The number of rotatable bonds is 8. The van der Waals surface area contributed by atoms with Crippen molar-refractivity contribution in [3.8, 4) is 0 Å². The molecule has 0 saturated carbocycles. The summed E-state index contributed by atoms with van der Waals surface area (Å²) in [5, 5.41) is 2.91. The lowest BCUT2D eigenvalue weighted by Crippen LogP contribution is -2.37. The fourth-order valence-electron chi connectivity index (χ4n) is 1.38. The minimum absolute atomic E-state index is 0.0473. The van der Waals surface area contributed by atoms with Gasteiger partial charge in [-0.1, -0.05) is 39.0 Å². The molecule has 0 spiro atoms. The maximum Gasteiger partial charge on any atom is 0.317 e. The van der Waals surface area contributed by atoms with E-state index >= 15 is 0 Å². The van der Waals surface area contributed by atoms with Crippen LogP contribution in [-0.4, -0.2) is 31.1 Å². The maximum absolute atomic E-state index is 11.3. The van der Waals surface area contributed by atoms with E-state index in [0.29, 0.717) is 0 Å². The molecule has 2 amide bonds. The van der Waals surface area contributed by atoms with Crippen molar-refractivity contribution in [2.45, 2.75) is 52.4 Å². The largest absolute Gasteiger partial charge is 0.338 e. The molecule has 0 unspecified atom stereocenters. The van der Waals surface area contributed by atoms with Crippen molar-refractivity contribution in [1.29, 1.82) is 0 Å². The van der Waals surface area contributed by atoms with Gasteiger partial charge in [0, 0.05) is 20.1 Å². The summed E-state index contributed by atoms with van der Waals surface area (Å²) >= 11 is 0. The molecule has 3 nitrogen and oxygen atoms in total. The lowest BCUT2D eigenvalue weighted by molar-refractivity contribution is 0.211. The predicted molar refractivity (Wildman–Crippen MR) is 65.1 cm³/mol. The SMILES string of the molecule is CCCCCCCCNC(=O)N(C)CC. The molecule has 3 heteroatoms. The average Bonchev–Trinajstić information content (AvgIpc) is 2.26. The summed E-state index contributed by atoms with van der Waals surface area (Å²) in [6.07, 6.45) is 7.60. The van der Waals surface area contributed by atoms with E-state index < -0.39 is 0 Å². The highest BCUT2D eigenvalue weighted by Gasteiger charge is 2.03. The molecule has 0 bridgehead atoms. The second-order valence-corrected chi connectivity index (χ2v) is 4.01. The van der Waals surface area contributed by atoms with Gasteiger partial charge in [0.2, 0.25) is 0 Å². The van der Waals surface area contributed by atoms with Gasteiger partial charge in [-0.05, 0) is 13.3 Å². The van der Waals surface area contributed by atoms with Gasteiger partial charge in [0.1, 0.15) is 0 Å². The van der Waals surface area contributed by atoms with Crippen molar-refractivity contribution in [3.05, 3.63) is 0 Å². The van der Waals surface area contributed by atoms with Crippen LogP contribution in [0, 0.1) is 0 Å². The zero-order valence-electron chi connectivity index (χ0n) is 10.5. The summed E-state index contributed by atoms with van der Waals surface area (Å²) in [5.74, 6) is 0. The van der Waals surface area contributed by atoms with Crippen molar-refractivity contribution in [2.75, 3.05) is 20.1 Å². The Morgan fingerprint density at radius 3 is 2.27 bits per heavy atom. The first kappa shape index (κ1) is 14.3. The fraction of sp³-hybridized carbons (Fsp3) is 0.917. The molecule has 0 aromatic rings. The number of hydrogen-bond donors (Lipinski definition) is 1. The van der Waals surface area contributed by atoms with Crippen LogP contribution in [0.3, 0.4) is 0 Å². The third-order valence-corrected chi connectivity index (χ3v) is 2.63. The number of amides is 2. The van der Waals surface area contributed by atoms with Gasteiger partial charge >= 0.3 is 6.03 Å². The van der Waals surface area contributed by atoms with Crippen molar-refractivity contribution >= 4 is 6.03 Å². The van der Waals surface area contributed by atoms with Crippen LogP contribution in [0.5, 0.6) is 0 Å². The first-order chi connectivity index (χ1) is 7.22. The molecule has 0 aliphatic rings. The molecule has 0 aliphatic carbocycles. The van der Waals surface area contributed by atoms with Crippen LogP contribution in [-0.2, 0) is 0 Å². The van der Waals surface area contributed by atoms with E-state index in [0.717, 1.165) is 19.5 Å². The molecule has 0 saturated heterocycles. The van der Waals surface area contributed by atoms with E-state index in [2.05, 4.69) is 12.2 Å². The topological polar surface area (TPSA) is 32.3 Å². The minimum Gasteiger partial charge on any atom is -0.338 e. The lowest BCUT2D eigenvalue weighted by Gasteiger charge is -2.15. The second-order valence-electron chi connectivity index (χ2n) is 4.01. The number of hydrogen-bond acceptors (Lipinski definition) is 1. The Morgan fingerprint density at radius 1 is 1.07 bits per heavy atom. The monoisotopic (exact) mass is 214 g/mol. The smallest absolute Gasteiger partial charge is 0.317 e. The van der Waals surface area contributed by atoms with Crippen LogP contribution in [0.2, 0.25) is 0 Å². The van der Waals surface area contributed by atoms with Crippen LogP contribution in [0.15, 0.2) is 0 Å². The Labute approximate surface area is 94.2 Å². The molecule has 0 atom stereocenters. The van der Waals surface area contributed by atoms with Gasteiger partial charge in [-0.2, -0.15) is 0 Å². The molecule has 0 aliphatic heterocycles. The minimum atomic E-state index is 0.0473. The molecule has 0 radical (unpaired) electrons. The standard InChI is InChI=1S/C12H26N2O/c1-4-6-7-8-9-10-11-13-12(15)14(3)5-2/h4-11H2,1-3H3,(H,13,15). The van der Waals surface area contributed by atoms with Crippen molar-refractivity contribution in [2.24, 2.45) is 0 Å². The number of carbonyl (C=O) groups is 1. The highest BCUT2D eigenvalue weighted by Crippen LogP contribution is 2.04. The first-order valence-electron chi connectivity index (χ1n) is 6.21. The van der Waals surface area contributed by atoms with Gasteiger partial charge in [-0.15, -0.1) is 0 Å². The van der Waals surface area contributed by atoms with Gasteiger partial charge < -0.3 is 10.2 Å². The summed E-state index contributed by atoms with van der Waals surface area (Å²) in [7, 11) is 1.82. The van der Waals surface area contributed by atoms with E-state index in [1.807, 2.05) is 14.0 Å². The predicted octanol–water partition coefficient (Wildman–Crippen LogP) is 3.01. The second kappa shape index (κ2) is 9.81. The summed E-state index contributed by atoms with van der Waals surface area (Å²) < 4.78 is 0. The molecule has 1 N–H and O–H groups in total. The molecule has 0 heterocycles. The van der Waals surface area contributed by atoms with Gasteiger partial charge in [-0.3, -0.25) is 0 Å². The number of nitrogens with one attached hydrogen (secondary N) is 1. The molecule has 0 fully saturated rings. The van der Waals surface area contributed by atoms with E-state index in [1.54, 1.807) is 4.90 Å². The summed E-state index contributed by atoms with van der Waals surface area (Å²) in [6.45, 7) is 5.78. The quantitative estimate of drug-likeness (QED) is 0.619. The zero-order chi connectivity index (χ0) is 11.5. The summed E-state index contributed by atoms with van der Waals surface area (Å²) in [5.41, 5.74) is 0. The van der Waals surface area contributed by atoms with E-state index in [-0.39, 0.29) is 6.03 Å². The number of nitrogens with zero attached hydrogens (tertiary/aromatic N) is 1. The van der Waals surface area contributed by atoms with Crippen molar-refractivity contribution < 1.29 is 4.79 Å². The Kier molecular flexibility index (Phi) is 9.33. The zero-order valence-corrected chi connectivity index (χ0v) is 10.5. The van der Waals surface area contributed by atoms with Gasteiger partial charge in [-0.25, -0.2) is 4.79 Å². The third kappa shape index (κ3) is 8.28. The number of unbranched alkanes of at least 4 members (excludes halogenated alkanes) is 5. The van der Waals surface area contributed by atoms with Gasteiger partial charge in [0.25, 0.3) is 0 Å². The van der Waals surface area contributed by atoms with Gasteiger partial charge in [0.05, 0.1) is 0 Å². The molecule has 90 valence electrons. The first-order valence-corrected chi connectivity index (χ1v) is 6.21. The molecule has 0 aromatic heterocycles. The Bertz CT molecular complexity index is 160. The molecule has 15 heavy (non-hydrogen) atoms. The van der Waals surface area contributed by atoms with E-state index in [9.17, 15) is 4.79 Å². The average molecular weight is 214 g/mol. The molecular weight excluding hydrogens is 188 g/mol. The molecular formula is C12H26N2O. The number of urea groups is 1. The third-order valence-electron chi connectivity index (χ3n) is 2.63. The van der Waals surface area contributed by atoms with Crippen LogP contribution < -0.4 is 5.32 Å². The summed E-state index contributed by atoms with van der Waals surface area (Å²) in [6, 6.07) is 0.0473. The summed E-state index contributed by atoms with van der Waals surface area (Å²) in [4.78, 5) is 13.0. The normalized spacial score (nSPS) is 10.1. The van der Waals surface area contributed by atoms with Crippen LogP contribution in [0.4, 0.5) is 4.79 Å². The molecule has 0 aromatic carbocycles. The Hall–Kier alpha value is -0.730. The van der Waals surface area contributed by atoms with Crippen molar-refractivity contribution in [3.63, 3.8) is 0 Å². The lowest BCUT2D eigenvalue weighted by atomic mass is 10.1. The highest BCUT2D eigenvalue weighted by molar-refractivity contribution is 5.73. The molecule has 0 rings (SSSR count). The Morgan fingerprint density at radius 2 is 1.67 bits per heavy atom. The van der Waals surface area contributed by atoms with Crippen LogP contribution in [0.25, 0.3) is 0 Å². The highest BCUT2D eigenvalue weighted by atomic mass is 16.2. The Balaban J connectivity index is 3.20. The number of carbonyl (C=O) groups excluding carboxylic acids is 1. The van der Waals surface area contributed by atoms with Crippen LogP contribution in [0.1, 0.15) is 52.4 Å². The van der Waals surface area contributed by atoms with Gasteiger partial charge in [0.15, 0.2) is 0 Å². The maximum atomic E-state index is 11.3. The van der Waals surface area contributed by atoms with E-state index in [1.165, 1.54) is 32.1 Å². The fourth-order valence-corrected chi connectivity index (χ4v) is 1.38. The van der Waals surface area contributed by atoms with Crippen molar-refractivity contribution in [1.82, 2.24) is 10.2 Å². The van der Waals surface area contributed by atoms with Crippen LogP contribution >= 0.6 is 0 Å².